The summed E-state index contributed by atoms with van der Waals surface area (Å²) >= 11 is 0. The van der Waals surface area contributed by atoms with E-state index in [1.54, 1.807) is 27.0 Å². The molecule has 1 saturated heterocycles. The largest absolute Gasteiger partial charge is 0.488 e. The molecule has 1 saturated carbocycles. The maximum absolute atomic E-state index is 14.5. The molecule has 2 aromatic rings. The summed E-state index contributed by atoms with van der Waals surface area (Å²) < 4.78 is 46.6. The van der Waals surface area contributed by atoms with Crippen LogP contribution in [0.3, 0.4) is 0 Å². The molecule has 1 amide bonds. The van der Waals surface area contributed by atoms with Gasteiger partial charge in [0.15, 0.2) is 11.6 Å². The van der Waals surface area contributed by atoms with Crippen LogP contribution in [0.15, 0.2) is 24.4 Å². The lowest BCUT2D eigenvalue weighted by molar-refractivity contribution is -0.128. The molecule has 4 atom stereocenters. The van der Waals surface area contributed by atoms with Crippen molar-refractivity contribution in [2.45, 2.75) is 33.2 Å². The Labute approximate surface area is 178 Å². The fourth-order valence-electron chi connectivity index (χ4n) is 4.36. The van der Waals surface area contributed by atoms with Crippen molar-refractivity contribution in [1.29, 1.82) is 0 Å². The summed E-state index contributed by atoms with van der Waals surface area (Å²) in [6.45, 7) is 6.99. The quantitative estimate of drug-likeness (QED) is 0.710. The molecule has 6 nitrogen and oxygen atoms in total. The first-order valence-electron chi connectivity index (χ1n) is 10.3. The molecule has 0 spiro atoms. The lowest BCUT2D eigenvalue weighted by atomic mass is 10.0. The van der Waals surface area contributed by atoms with Crippen LogP contribution in [0.25, 0.3) is 0 Å². The van der Waals surface area contributed by atoms with Crippen LogP contribution in [0.5, 0.6) is 5.75 Å². The number of aromatic nitrogens is 2. The Morgan fingerprint density at radius 2 is 1.97 bits per heavy atom. The van der Waals surface area contributed by atoms with Crippen molar-refractivity contribution in [3.05, 3.63) is 47.2 Å². The lowest BCUT2D eigenvalue weighted by Crippen LogP contribution is -2.30. The monoisotopic (exact) mass is 434 g/mol. The third kappa shape index (κ3) is 4.31. The number of anilines is 1. The fraction of sp³-hybridized carbons (Fsp3) is 0.500. The number of nitrogens with one attached hydrogen (secondary N) is 1. The van der Waals surface area contributed by atoms with Crippen LogP contribution in [0, 0.1) is 30.5 Å². The molecule has 2 heterocycles. The zero-order valence-electron chi connectivity index (χ0n) is 17.6. The highest BCUT2D eigenvalue weighted by Gasteiger charge is 2.56. The van der Waals surface area contributed by atoms with Gasteiger partial charge in [-0.05, 0) is 25.7 Å². The number of alkyl halides is 2. The average molecular weight is 434 g/mol. The van der Waals surface area contributed by atoms with Crippen LogP contribution in [-0.2, 0) is 4.79 Å². The number of rotatable bonds is 7. The molecule has 1 N–H and O–H groups in total. The first-order valence-corrected chi connectivity index (χ1v) is 10.3. The van der Waals surface area contributed by atoms with Crippen molar-refractivity contribution in [2.75, 3.05) is 25.0 Å². The summed E-state index contributed by atoms with van der Waals surface area (Å²) in [5.74, 6) is 1.78. The van der Waals surface area contributed by atoms with Gasteiger partial charge in [-0.15, -0.1) is 0 Å². The van der Waals surface area contributed by atoms with Gasteiger partial charge < -0.3 is 15.0 Å². The van der Waals surface area contributed by atoms with Crippen LogP contribution in [0.4, 0.5) is 19.0 Å². The van der Waals surface area contributed by atoms with Crippen molar-refractivity contribution in [2.24, 2.45) is 17.8 Å². The van der Waals surface area contributed by atoms with Crippen LogP contribution in [0.2, 0.25) is 0 Å². The van der Waals surface area contributed by atoms with E-state index < -0.39 is 23.8 Å². The highest BCUT2D eigenvalue weighted by Crippen LogP contribution is 2.51. The molecular formula is C22H25F3N4O2. The highest BCUT2D eigenvalue weighted by atomic mass is 19.3. The third-order valence-electron chi connectivity index (χ3n) is 6.24. The number of carbonyl (C=O) groups excluding carboxylic acids is 1. The third-order valence-corrected chi connectivity index (χ3v) is 6.24. The molecule has 4 rings (SSSR count). The first-order chi connectivity index (χ1) is 14.8. The molecule has 2 fully saturated rings. The number of hydrogen-bond donors (Lipinski definition) is 1. The molecule has 0 bridgehead atoms. The predicted octanol–water partition coefficient (Wildman–Crippen LogP) is 4.14. The minimum atomic E-state index is -2.88. The minimum Gasteiger partial charge on any atom is -0.488 e. The van der Waals surface area contributed by atoms with Gasteiger partial charge in [-0.3, -0.25) is 4.79 Å². The van der Waals surface area contributed by atoms with Crippen LogP contribution in [0.1, 0.15) is 43.3 Å². The number of nitrogens with zero attached hydrogens (tertiary/aromatic N) is 3. The topological polar surface area (TPSA) is 67.4 Å². The number of ether oxygens (including phenoxy) is 1. The SMILES string of the molecule is CC(=O)N1C[C@@H]2[C@H](COc3cnc(C)nc3N[C@H](C)c3cccc(C(F)F)c3F)[C@@H]2C1. The molecular weight excluding hydrogens is 409 g/mol. The van der Waals surface area contributed by atoms with Gasteiger partial charge in [0, 0.05) is 31.5 Å². The number of amides is 1. The molecule has 9 heteroatoms. The second-order valence-corrected chi connectivity index (χ2v) is 8.27. The molecule has 2 aliphatic rings. The number of carbonyl (C=O) groups is 1. The van der Waals surface area contributed by atoms with Crippen molar-refractivity contribution in [3.63, 3.8) is 0 Å². The number of fused-ring (bicyclic) bond motifs is 1. The maximum atomic E-state index is 14.5. The Bertz CT molecular complexity index is 975. The van der Waals surface area contributed by atoms with Crippen molar-refractivity contribution >= 4 is 11.7 Å². The molecule has 1 aromatic heterocycles. The summed E-state index contributed by atoms with van der Waals surface area (Å²) in [5, 5.41) is 3.08. The molecule has 31 heavy (non-hydrogen) atoms. The minimum absolute atomic E-state index is 0.0995. The summed E-state index contributed by atoms with van der Waals surface area (Å²) in [6.07, 6.45) is -1.33. The number of halogens is 3. The number of benzene rings is 1. The molecule has 1 aliphatic carbocycles. The molecule has 166 valence electrons. The van der Waals surface area contributed by atoms with E-state index in [-0.39, 0.29) is 11.5 Å². The normalized spacial score (nSPS) is 22.9. The van der Waals surface area contributed by atoms with Gasteiger partial charge in [0.1, 0.15) is 11.6 Å². The van der Waals surface area contributed by atoms with Gasteiger partial charge in [-0.25, -0.2) is 23.1 Å². The van der Waals surface area contributed by atoms with Crippen molar-refractivity contribution in [1.82, 2.24) is 14.9 Å². The van der Waals surface area contributed by atoms with Crippen LogP contribution < -0.4 is 10.1 Å². The Hall–Kier alpha value is -2.84. The number of aryl methyl sites for hydroxylation is 1. The van der Waals surface area contributed by atoms with Gasteiger partial charge in [-0.2, -0.15) is 0 Å². The van der Waals surface area contributed by atoms with Gasteiger partial charge in [0.2, 0.25) is 5.91 Å². The van der Waals surface area contributed by atoms with E-state index in [0.717, 1.165) is 19.2 Å². The summed E-state index contributed by atoms with van der Waals surface area (Å²) in [7, 11) is 0. The van der Waals surface area contributed by atoms with Crippen LogP contribution in [-0.4, -0.2) is 40.5 Å². The maximum Gasteiger partial charge on any atom is 0.266 e. The first kappa shape index (κ1) is 21.4. The number of likely N-dealkylation sites (tertiary alicyclic amines) is 1. The van der Waals surface area contributed by atoms with E-state index in [1.807, 2.05) is 4.90 Å². The van der Waals surface area contributed by atoms with Gasteiger partial charge in [-0.1, -0.05) is 18.2 Å². The second-order valence-electron chi connectivity index (χ2n) is 8.27. The standard InChI is InChI=1S/C22H25F3N4O2/c1-11(14-5-4-6-15(20(14)23)21(24)25)27-22-19(7-26-12(2)28-22)31-10-18-16-8-29(13(3)30)9-17(16)18/h4-7,11,16-18,21H,8-10H2,1-3H3,(H,26,27,28)/t11-,16-,17+,18-/m1/s1. The van der Waals surface area contributed by atoms with Gasteiger partial charge in [0.25, 0.3) is 6.43 Å². The lowest BCUT2D eigenvalue weighted by Gasteiger charge is -2.20. The summed E-state index contributed by atoms with van der Waals surface area (Å²) in [6, 6.07) is 3.36. The molecule has 0 radical (unpaired) electrons. The highest BCUT2D eigenvalue weighted by molar-refractivity contribution is 5.73. The smallest absolute Gasteiger partial charge is 0.266 e. The zero-order chi connectivity index (χ0) is 22.3. The van der Waals surface area contributed by atoms with Crippen molar-refractivity contribution < 1.29 is 22.7 Å². The Balaban J connectivity index is 1.44. The van der Waals surface area contributed by atoms with Gasteiger partial charge >= 0.3 is 0 Å². The van der Waals surface area contributed by atoms with E-state index in [9.17, 15) is 18.0 Å². The molecule has 1 aliphatic heterocycles. The van der Waals surface area contributed by atoms with Crippen molar-refractivity contribution in [3.8, 4) is 5.75 Å². The predicted molar refractivity (Wildman–Crippen MR) is 108 cm³/mol. The average Bonchev–Trinajstić information content (AvgIpc) is 3.15. The Morgan fingerprint density at radius 3 is 2.61 bits per heavy atom. The van der Waals surface area contributed by atoms with Crippen LogP contribution >= 0.6 is 0 Å². The second kappa shape index (κ2) is 8.36. The number of hydrogen-bond acceptors (Lipinski definition) is 5. The van der Waals surface area contributed by atoms with Gasteiger partial charge in [0.05, 0.1) is 24.4 Å². The molecule has 0 unspecified atom stereocenters. The van der Waals surface area contributed by atoms with E-state index in [1.165, 1.54) is 12.1 Å². The fourth-order valence-corrected chi connectivity index (χ4v) is 4.36. The summed E-state index contributed by atoms with van der Waals surface area (Å²) in [5.41, 5.74) is -0.498. The zero-order valence-corrected chi connectivity index (χ0v) is 17.6. The van der Waals surface area contributed by atoms with E-state index in [0.29, 0.717) is 41.8 Å². The molecule has 1 aromatic carbocycles. The Morgan fingerprint density at radius 1 is 1.29 bits per heavy atom. The summed E-state index contributed by atoms with van der Waals surface area (Å²) in [4.78, 5) is 21.9. The van der Waals surface area contributed by atoms with E-state index in [4.69, 9.17) is 4.74 Å². The van der Waals surface area contributed by atoms with E-state index in [2.05, 4.69) is 15.3 Å². The number of piperidine rings is 1. The Kier molecular flexibility index (Phi) is 5.77. The van der Waals surface area contributed by atoms with E-state index >= 15 is 0 Å².